The molecule has 5 nitrogen and oxygen atoms in total. The molecule has 30 heavy (non-hydrogen) atoms. The van der Waals surface area contributed by atoms with E-state index < -0.39 is 5.97 Å². The third kappa shape index (κ3) is 5.38. The predicted octanol–water partition coefficient (Wildman–Crippen LogP) is 4.99. The summed E-state index contributed by atoms with van der Waals surface area (Å²) in [5.74, 6) is -0.623. The topological polar surface area (TPSA) is 75.6 Å². The molecule has 5 heteroatoms. The zero-order valence-corrected chi connectivity index (χ0v) is 17.5. The molecule has 1 atom stereocenters. The number of amides is 1. The molecule has 0 saturated carbocycles. The van der Waals surface area contributed by atoms with E-state index in [1.165, 1.54) is 5.56 Å². The fourth-order valence-electron chi connectivity index (χ4n) is 3.43. The van der Waals surface area contributed by atoms with Gasteiger partial charge in [0.15, 0.2) is 6.61 Å². The highest BCUT2D eigenvalue weighted by molar-refractivity contribution is 5.97. The Bertz CT molecular complexity index is 1040. The molecular formula is C25H27NO4. The Labute approximate surface area is 176 Å². The first-order valence-corrected chi connectivity index (χ1v) is 10.1. The van der Waals surface area contributed by atoms with Crippen LogP contribution in [-0.4, -0.2) is 23.6 Å². The summed E-state index contributed by atoms with van der Waals surface area (Å²) < 4.78 is 5.58. The maximum atomic E-state index is 12.4. The summed E-state index contributed by atoms with van der Waals surface area (Å²) in [4.78, 5) is 24.0. The summed E-state index contributed by atoms with van der Waals surface area (Å²) in [6.45, 7) is 6.02. The number of ether oxygens (including phenoxy) is 1. The molecule has 0 saturated heterocycles. The summed E-state index contributed by atoms with van der Waals surface area (Å²) in [6.07, 6.45) is 1.02. The van der Waals surface area contributed by atoms with Crippen molar-refractivity contribution in [1.29, 1.82) is 0 Å². The second-order valence-corrected chi connectivity index (χ2v) is 7.92. The van der Waals surface area contributed by atoms with Gasteiger partial charge < -0.3 is 15.2 Å². The van der Waals surface area contributed by atoms with Crippen LogP contribution in [0.2, 0.25) is 0 Å². The molecule has 2 N–H and O–H groups in total. The number of aromatic carboxylic acids is 1. The van der Waals surface area contributed by atoms with E-state index in [9.17, 15) is 14.7 Å². The molecule has 3 aromatic carbocycles. The van der Waals surface area contributed by atoms with Crippen molar-refractivity contribution in [3.63, 3.8) is 0 Å². The van der Waals surface area contributed by atoms with Crippen LogP contribution in [0, 0.1) is 5.92 Å². The molecule has 0 radical (unpaired) electrons. The Balaban J connectivity index is 1.64. The van der Waals surface area contributed by atoms with Crippen LogP contribution in [0.1, 0.15) is 48.3 Å². The molecule has 0 aliphatic carbocycles. The number of fused-ring (bicyclic) bond motifs is 1. The summed E-state index contributed by atoms with van der Waals surface area (Å²) in [6, 6.07) is 18.7. The van der Waals surface area contributed by atoms with Crippen LogP contribution in [0.5, 0.6) is 5.75 Å². The Morgan fingerprint density at radius 3 is 2.20 bits per heavy atom. The predicted molar refractivity (Wildman–Crippen MR) is 118 cm³/mol. The zero-order valence-electron chi connectivity index (χ0n) is 17.5. The Morgan fingerprint density at radius 2 is 1.60 bits per heavy atom. The molecule has 156 valence electrons. The van der Waals surface area contributed by atoms with Crippen molar-refractivity contribution in [2.24, 2.45) is 5.92 Å². The van der Waals surface area contributed by atoms with Gasteiger partial charge in [0.25, 0.3) is 5.91 Å². The summed E-state index contributed by atoms with van der Waals surface area (Å²) in [7, 11) is 0. The average Bonchev–Trinajstić information content (AvgIpc) is 2.71. The number of carboxylic acid groups (broad SMARTS) is 1. The highest BCUT2D eigenvalue weighted by Gasteiger charge is 2.16. The highest BCUT2D eigenvalue weighted by Crippen LogP contribution is 2.26. The molecule has 0 aliphatic heterocycles. The number of carboxylic acids is 1. The molecule has 3 rings (SSSR count). The standard InChI is InChI=1S/C25H27NO4/c1-16(2)12-18-8-10-19(11-9-18)17(3)26-24(27)15-30-23-14-21-7-5-4-6-20(21)13-22(23)25(28)29/h4-11,13-14,16-17H,12,15H2,1-3H3,(H,26,27)(H,28,29)/t17-/m1/s1. The largest absolute Gasteiger partial charge is 0.483 e. The maximum absolute atomic E-state index is 12.4. The monoisotopic (exact) mass is 405 g/mol. The van der Waals surface area contributed by atoms with Gasteiger partial charge in [0.1, 0.15) is 11.3 Å². The average molecular weight is 405 g/mol. The van der Waals surface area contributed by atoms with Gasteiger partial charge in [-0.1, -0.05) is 62.4 Å². The number of nitrogens with one attached hydrogen (secondary N) is 1. The quantitative estimate of drug-likeness (QED) is 0.553. The van der Waals surface area contributed by atoms with Crippen LogP contribution in [0.15, 0.2) is 60.7 Å². The van der Waals surface area contributed by atoms with Crippen LogP contribution in [-0.2, 0) is 11.2 Å². The summed E-state index contributed by atoms with van der Waals surface area (Å²) >= 11 is 0. The van der Waals surface area contributed by atoms with Gasteiger partial charge in [-0.25, -0.2) is 4.79 Å². The molecule has 3 aromatic rings. The fraction of sp³-hybridized carbons (Fsp3) is 0.280. The van der Waals surface area contributed by atoms with Crippen molar-refractivity contribution in [3.05, 3.63) is 77.4 Å². The minimum absolute atomic E-state index is 0.0373. The Kier molecular flexibility index (Phi) is 6.72. The molecule has 0 aromatic heterocycles. The summed E-state index contributed by atoms with van der Waals surface area (Å²) in [5, 5.41) is 14.0. The van der Waals surface area contributed by atoms with E-state index in [-0.39, 0.29) is 29.9 Å². The molecule has 0 aliphatic rings. The Morgan fingerprint density at radius 1 is 0.967 bits per heavy atom. The van der Waals surface area contributed by atoms with Crippen LogP contribution in [0.25, 0.3) is 10.8 Å². The molecule has 0 heterocycles. The first-order chi connectivity index (χ1) is 14.3. The molecule has 0 bridgehead atoms. The van der Waals surface area contributed by atoms with Gasteiger partial charge in [0, 0.05) is 0 Å². The SMILES string of the molecule is CC(C)Cc1ccc([C@@H](C)NC(=O)COc2cc3ccccc3cc2C(=O)O)cc1. The van der Waals surface area contributed by atoms with Gasteiger partial charge in [-0.15, -0.1) is 0 Å². The van der Waals surface area contributed by atoms with Gasteiger partial charge in [0.05, 0.1) is 6.04 Å². The van der Waals surface area contributed by atoms with E-state index in [2.05, 4.69) is 31.3 Å². The highest BCUT2D eigenvalue weighted by atomic mass is 16.5. The Hall–Kier alpha value is -3.34. The van der Waals surface area contributed by atoms with Gasteiger partial charge in [-0.3, -0.25) is 4.79 Å². The number of rotatable bonds is 8. The van der Waals surface area contributed by atoms with E-state index in [4.69, 9.17) is 4.74 Å². The van der Waals surface area contributed by atoms with Gasteiger partial charge in [0.2, 0.25) is 0 Å². The molecule has 0 fully saturated rings. The van der Waals surface area contributed by atoms with Crippen LogP contribution < -0.4 is 10.1 Å². The first kappa shape index (κ1) is 21.4. The van der Waals surface area contributed by atoms with Crippen molar-refractivity contribution in [2.75, 3.05) is 6.61 Å². The number of carbonyl (C=O) groups is 2. The zero-order chi connectivity index (χ0) is 21.7. The third-order valence-corrected chi connectivity index (χ3v) is 4.94. The smallest absolute Gasteiger partial charge is 0.339 e. The first-order valence-electron chi connectivity index (χ1n) is 10.1. The van der Waals surface area contributed by atoms with Gasteiger partial charge >= 0.3 is 5.97 Å². The lowest BCUT2D eigenvalue weighted by atomic mass is 10.00. The lowest BCUT2D eigenvalue weighted by molar-refractivity contribution is -0.123. The van der Waals surface area contributed by atoms with Gasteiger partial charge in [-0.2, -0.15) is 0 Å². The van der Waals surface area contributed by atoms with Crippen LogP contribution in [0.4, 0.5) is 0 Å². The van der Waals surface area contributed by atoms with Gasteiger partial charge in [-0.05, 0) is 53.3 Å². The third-order valence-electron chi connectivity index (χ3n) is 4.94. The number of hydrogen-bond acceptors (Lipinski definition) is 3. The van der Waals surface area contributed by atoms with E-state index in [0.29, 0.717) is 5.92 Å². The van der Waals surface area contributed by atoms with E-state index in [1.54, 1.807) is 12.1 Å². The molecule has 0 spiro atoms. The lowest BCUT2D eigenvalue weighted by Gasteiger charge is -2.16. The maximum Gasteiger partial charge on any atom is 0.339 e. The van der Waals surface area contributed by atoms with Crippen LogP contribution >= 0.6 is 0 Å². The minimum atomic E-state index is -1.09. The van der Waals surface area contributed by atoms with E-state index in [1.807, 2.05) is 43.3 Å². The normalized spacial score (nSPS) is 12.0. The fourth-order valence-corrected chi connectivity index (χ4v) is 3.43. The van der Waals surface area contributed by atoms with Crippen molar-refractivity contribution < 1.29 is 19.4 Å². The number of carbonyl (C=O) groups excluding carboxylic acids is 1. The minimum Gasteiger partial charge on any atom is -0.483 e. The van der Waals surface area contributed by atoms with Crippen molar-refractivity contribution in [1.82, 2.24) is 5.32 Å². The second kappa shape index (κ2) is 9.44. The van der Waals surface area contributed by atoms with E-state index in [0.717, 1.165) is 22.8 Å². The molecule has 1 amide bonds. The van der Waals surface area contributed by atoms with Crippen molar-refractivity contribution >= 4 is 22.6 Å². The van der Waals surface area contributed by atoms with Crippen molar-refractivity contribution in [2.45, 2.75) is 33.2 Å². The van der Waals surface area contributed by atoms with Crippen molar-refractivity contribution in [3.8, 4) is 5.75 Å². The van der Waals surface area contributed by atoms with E-state index >= 15 is 0 Å². The molecule has 0 unspecified atom stereocenters. The van der Waals surface area contributed by atoms with Crippen LogP contribution in [0.3, 0.4) is 0 Å². The lowest BCUT2D eigenvalue weighted by Crippen LogP contribution is -2.31. The second-order valence-electron chi connectivity index (χ2n) is 7.92. The number of benzene rings is 3. The number of hydrogen-bond donors (Lipinski definition) is 2. The summed E-state index contributed by atoms with van der Waals surface area (Å²) in [5.41, 5.74) is 2.32. The molecular weight excluding hydrogens is 378 g/mol.